The first kappa shape index (κ1) is 31.1. The van der Waals surface area contributed by atoms with Crippen molar-refractivity contribution in [1.82, 2.24) is 15.5 Å². The molecule has 5 heteroatoms. The Morgan fingerprint density at radius 1 is 0.946 bits per heavy atom. The fraction of sp³-hybridized carbons (Fsp3) is 0.719. The third kappa shape index (κ3) is 9.90. The van der Waals surface area contributed by atoms with Gasteiger partial charge in [0.05, 0.1) is 18.1 Å². The lowest BCUT2D eigenvalue weighted by Gasteiger charge is -2.40. The minimum absolute atomic E-state index is 0.148. The molecule has 3 rings (SSSR count). The number of rotatable bonds is 11. The summed E-state index contributed by atoms with van der Waals surface area (Å²) in [5.41, 5.74) is 9.09. The van der Waals surface area contributed by atoms with Gasteiger partial charge in [0, 0.05) is 29.2 Å². The molecule has 1 amide bonds. The number of likely N-dealkylation sites (tertiary alicyclic amines) is 1. The molecular formula is C32H56N4O. The number of amides is 1. The molecule has 5 nitrogen and oxygen atoms in total. The van der Waals surface area contributed by atoms with Crippen LogP contribution in [0.15, 0.2) is 49.0 Å². The highest BCUT2D eigenvalue weighted by atomic mass is 16.1. The van der Waals surface area contributed by atoms with Gasteiger partial charge in [-0.1, -0.05) is 92.5 Å². The largest absolute Gasteiger partial charge is 0.380 e. The van der Waals surface area contributed by atoms with Gasteiger partial charge in [-0.05, 0) is 56.3 Å². The maximum absolute atomic E-state index is 11.5. The Hall–Kier alpha value is -2.17. The van der Waals surface area contributed by atoms with Crippen LogP contribution in [0.2, 0.25) is 0 Å². The molecule has 210 valence electrons. The van der Waals surface area contributed by atoms with Crippen molar-refractivity contribution in [3.8, 4) is 0 Å². The smallest absolute Gasteiger partial charge is 0.246 e. The van der Waals surface area contributed by atoms with E-state index < -0.39 is 5.91 Å². The number of nitrogens with one attached hydrogen (secondary N) is 2. The summed E-state index contributed by atoms with van der Waals surface area (Å²) in [7, 11) is 0. The second kappa shape index (κ2) is 14.1. The Balaban J connectivity index is 0.000000856. The molecule has 0 aromatic heterocycles. The summed E-state index contributed by atoms with van der Waals surface area (Å²) in [5, 5.41) is 7.15. The number of hydrogen-bond donors (Lipinski definition) is 3. The first-order valence-corrected chi connectivity index (χ1v) is 14.6. The van der Waals surface area contributed by atoms with Crippen LogP contribution in [-0.2, 0) is 4.79 Å². The van der Waals surface area contributed by atoms with Crippen LogP contribution in [0.1, 0.15) is 105 Å². The Labute approximate surface area is 228 Å². The summed E-state index contributed by atoms with van der Waals surface area (Å²) >= 11 is 0. The van der Waals surface area contributed by atoms with Gasteiger partial charge in [-0.3, -0.25) is 4.79 Å². The van der Waals surface area contributed by atoms with Crippen molar-refractivity contribution in [3.05, 3.63) is 49.0 Å². The van der Waals surface area contributed by atoms with Gasteiger partial charge in [0.2, 0.25) is 5.91 Å². The van der Waals surface area contributed by atoms with Gasteiger partial charge in [0.1, 0.15) is 0 Å². The Bertz CT molecular complexity index is 813. The van der Waals surface area contributed by atoms with E-state index in [1.54, 1.807) is 0 Å². The van der Waals surface area contributed by atoms with E-state index in [4.69, 9.17) is 5.73 Å². The maximum Gasteiger partial charge on any atom is 0.246 e. The summed E-state index contributed by atoms with van der Waals surface area (Å²) in [6, 6.07) is 0.0977. The Morgan fingerprint density at radius 2 is 1.54 bits per heavy atom. The van der Waals surface area contributed by atoms with E-state index in [0.29, 0.717) is 11.5 Å². The second-order valence-corrected chi connectivity index (χ2v) is 13.0. The van der Waals surface area contributed by atoms with E-state index in [1.165, 1.54) is 51.4 Å². The summed E-state index contributed by atoms with van der Waals surface area (Å²) in [5.74, 6) is 1.16. The van der Waals surface area contributed by atoms with Crippen molar-refractivity contribution in [1.29, 1.82) is 0 Å². The molecule has 3 aliphatic rings. The number of carbonyl (C=O) groups is 1. The zero-order valence-corrected chi connectivity index (χ0v) is 24.6. The predicted molar refractivity (Wildman–Crippen MR) is 159 cm³/mol. The first-order valence-electron chi connectivity index (χ1n) is 14.6. The van der Waals surface area contributed by atoms with E-state index in [1.807, 2.05) is 6.92 Å². The molecule has 1 aliphatic heterocycles. The summed E-state index contributed by atoms with van der Waals surface area (Å²) in [6.45, 7) is 29.0. The van der Waals surface area contributed by atoms with Gasteiger partial charge in [-0.2, -0.15) is 0 Å². The molecule has 1 heterocycles. The summed E-state index contributed by atoms with van der Waals surface area (Å²) in [4.78, 5) is 13.9. The number of primary amides is 1. The van der Waals surface area contributed by atoms with E-state index in [2.05, 4.69) is 69.5 Å². The quantitative estimate of drug-likeness (QED) is 0.267. The molecule has 3 unspecified atom stereocenters. The van der Waals surface area contributed by atoms with Gasteiger partial charge in [0.25, 0.3) is 0 Å². The van der Waals surface area contributed by atoms with Crippen LogP contribution in [0.3, 0.4) is 0 Å². The highest BCUT2D eigenvalue weighted by molar-refractivity contribution is 5.92. The lowest BCUT2D eigenvalue weighted by molar-refractivity contribution is -0.114. The molecule has 2 aliphatic carbocycles. The highest BCUT2D eigenvalue weighted by Crippen LogP contribution is 2.35. The fourth-order valence-corrected chi connectivity index (χ4v) is 5.79. The molecule has 0 radical (unpaired) electrons. The van der Waals surface area contributed by atoms with Crippen LogP contribution in [0.25, 0.3) is 0 Å². The molecular weight excluding hydrogens is 456 g/mol. The Kier molecular flexibility index (Phi) is 11.8. The third-order valence-electron chi connectivity index (χ3n) is 8.24. The standard InChI is InChI=1S/C27H46N4O.C5H10/c1-18(17-27(6,7)8)29-25(23-13-10-9-11-14-23)22(5)31-16-12-15-24(31)21(4)30-20(3)19(2)26(28)32;1-5-3-2-4-5/h20,23-25,29-30H,1-2,4-5,9-17H2,3,6-8H3,(H2,28,32);5H,2-4H2,1H3. The second-order valence-electron chi connectivity index (χ2n) is 13.0. The van der Waals surface area contributed by atoms with Crippen LogP contribution < -0.4 is 16.4 Å². The van der Waals surface area contributed by atoms with Crippen molar-refractivity contribution < 1.29 is 4.79 Å². The third-order valence-corrected chi connectivity index (χ3v) is 8.24. The highest BCUT2D eigenvalue weighted by Gasteiger charge is 2.35. The van der Waals surface area contributed by atoms with Gasteiger partial charge in [-0.25, -0.2) is 0 Å². The molecule has 3 atom stereocenters. The molecule has 2 saturated carbocycles. The molecule has 1 saturated heterocycles. The number of allylic oxidation sites excluding steroid dienone is 1. The lowest BCUT2D eigenvalue weighted by Crippen LogP contribution is -2.47. The normalized spacial score (nSPS) is 22.1. The van der Waals surface area contributed by atoms with Gasteiger partial charge < -0.3 is 21.3 Å². The SMILES string of the molecule is C=C(CC(C)(C)C)NC(C(=C)N1CCCC1C(=C)NC(C)C(=C)C(N)=O)C1CCCCC1.CC1CCC1. The zero-order valence-electron chi connectivity index (χ0n) is 24.6. The van der Waals surface area contributed by atoms with Gasteiger partial charge >= 0.3 is 0 Å². The van der Waals surface area contributed by atoms with Crippen molar-refractivity contribution >= 4 is 5.91 Å². The zero-order chi connectivity index (χ0) is 27.8. The molecule has 3 fully saturated rings. The number of hydrogen-bond acceptors (Lipinski definition) is 4. The van der Waals surface area contributed by atoms with Crippen molar-refractivity contribution in [2.24, 2.45) is 23.0 Å². The monoisotopic (exact) mass is 512 g/mol. The van der Waals surface area contributed by atoms with E-state index in [9.17, 15) is 4.79 Å². The Morgan fingerprint density at radius 3 is 2.03 bits per heavy atom. The summed E-state index contributed by atoms with van der Waals surface area (Å²) < 4.78 is 0. The molecule has 0 aromatic carbocycles. The predicted octanol–water partition coefficient (Wildman–Crippen LogP) is 6.79. The van der Waals surface area contributed by atoms with Gasteiger partial charge in [0.15, 0.2) is 0 Å². The van der Waals surface area contributed by atoms with Crippen molar-refractivity contribution in [3.63, 3.8) is 0 Å². The molecule has 37 heavy (non-hydrogen) atoms. The van der Waals surface area contributed by atoms with E-state index in [-0.39, 0.29) is 23.5 Å². The minimum Gasteiger partial charge on any atom is -0.380 e. The maximum atomic E-state index is 11.5. The first-order chi connectivity index (χ1) is 17.3. The van der Waals surface area contributed by atoms with Crippen molar-refractivity contribution in [2.75, 3.05) is 6.54 Å². The molecule has 4 N–H and O–H groups in total. The number of nitrogens with zero attached hydrogens (tertiary/aromatic N) is 1. The molecule has 0 aromatic rings. The average molecular weight is 513 g/mol. The number of nitrogens with two attached hydrogens (primary N) is 1. The number of carbonyl (C=O) groups excluding carboxylic acids is 1. The molecule has 0 bridgehead atoms. The topological polar surface area (TPSA) is 70.4 Å². The van der Waals surface area contributed by atoms with Crippen LogP contribution >= 0.6 is 0 Å². The van der Waals surface area contributed by atoms with E-state index >= 15 is 0 Å². The van der Waals surface area contributed by atoms with E-state index in [0.717, 1.165) is 48.8 Å². The lowest BCUT2D eigenvalue weighted by atomic mass is 9.81. The van der Waals surface area contributed by atoms with Crippen LogP contribution in [0, 0.1) is 17.3 Å². The summed E-state index contributed by atoms with van der Waals surface area (Å²) in [6.07, 6.45) is 13.9. The van der Waals surface area contributed by atoms with Crippen LogP contribution in [0.5, 0.6) is 0 Å². The fourth-order valence-electron chi connectivity index (χ4n) is 5.79. The molecule has 0 spiro atoms. The van der Waals surface area contributed by atoms with Gasteiger partial charge in [-0.15, -0.1) is 0 Å². The van der Waals surface area contributed by atoms with Crippen LogP contribution in [-0.4, -0.2) is 35.5 Å². The van der Waals surface area contributed by atoms with Crippen LogP contribution in [0.4, 0.5) is 0 Å². The minimum atomic E-state index is -0.482. The average Bonchev–Trinajstić information content (AvgIpc) is 3.30. The van der Waals surface area contributed by atoms with Crippen molar-refractivity contribution in [2.45, 2.75) is 123 Å².